The van der Waals surface area contributed by atoms with Gasteiger partial charge >= 0.3 is 0 Å². The Bertz CT molecular complexity index is 555. The highest BCUT2D eigenvalue weighted by atomic mass is 127. The van der Waals surface area contributed by atoms with E-state index in [0.29, 0.717) is 6.54 Å². The molecule has 0 aliphatic rings. The molecule has 6 heteroatoms. The number of aliphatic imine (C=N–C) groups is 1. The van der Waals surface area contributed by atoms with Gasteiger partial charge in [0, 0.05) is 44.1 Å². The average Bonchev–Trinajstić information content (AvgIpc) is 2.96. The van der Waals surface area contributed by atoms with Gasteiger partial charge in [-0.25, -0.2) is 0 Å². The van der Waals surface area contributed by atoms with Crippen LogP contribution in [-0.4, -0.2) is 24.1 Å². The van der Waals surface area contributed by atoms with Crippen LogP contribution < -0.4 is 10.6 Å². The first kappa shape index (κ1) is 17.8. The van der Waals surface area contributed by atoms with Crippen molar-refractivity contribution in [3.63, 3.8) is 0 Å². The molecule has 1 heterocycles. The molecule has 0 saturated heterocycles. The van der Waals surface area contributed by atoms with Crippen molar-refractivity contribution in [1.82, 2.24) is 15.2 Å². The Balaban J connectivity index is 0.00000220. The highest BCUT2D eigenvalue weighted by Crippen LogP contribution is 2.10. The zero-order valence-corrected chi connectivity index (χ0v) is 15.0. The van der Waals surface area contributed by atoms with Gasteiger partial charge in [0.25, 0.3) is 0 Å². The summed E-state index contributed by atoms with van der Waals surface area (Å²) < 4.78 is 2.12. The predicted octanol–water partition coefficient (Wildman–Crippen LogP) is 3.12. The lowest BCUT2D eigenvalue weighted by atomic mass is 10.2. The van der Waals surface area contributed by atoms with Gasteiger partial charge in [-0.05, 0) is 29.8 Å². The molecule has 2 rings (SSSR count). The molecular formula is C15H20ClIN4. The van der Waals surface area contributed by atoms with Crippen molar-refractivity contribution in [3.8, 4) is 0 Å². The molecule has 2 N–H and O–H groups in total. The highest BCUT2D eigenvalue weighted by Gasteiger charge is 1.98. The lowest BCUT2D eigenvalue weighted by molar-refractivity contribution is 0.665. The Morgan fingerprint density at radius 2 is 1.95 bits per heavy atom. The molecule has 0 fully saturated rings. The zero-order chi connectivity index (χ0) is 14.2. The summed E-state index contributed by atoms with van der Waals surface area (Å²) in [5, 5.41) is 7.29. The van der Waals surface area contributed by atoms with Gasteiger partial charge in [-0.3, -0.25) is 4.99 Å². The minimum absolute atomic E-state index is 0. The average molecular weight is 419 g/mol. The molecule has 0 bridgehead atoms. The largest absolute Gasteiger partial charge is 0.355 e. The molecule has 0 unspecified atom stereocenters. The summed E-state index contributed by atoms with van der Waals surface area (Å²) >= 11 is 5.96. The van der Waals surface area contributed by atoms with E-state index in [2.05, 4.69) is 20.2 Å². The van der Waals surface area contributed by atoms with Crippen LogP contribution in [0.1, 0.15) is 5.56 Å². The van der Waals surface area contributed by atoms with Crippen molar-refractivity contribution < 1.29 is 0 Å². The number of halogens is 2. The van der Waals surface area contributed by atoms with Crippen molar-refractivity contribution in [2.45, 2.75) is 13.1 Å². The van der Waals surface area contributed by atoms with Crippen LogP contribution in [0.4, 0.5) is 0 Å². The minimum Gasteiger partial charge on any atom is -0.355 e. The van der Waals surface area contributed by atoms with Crippen LogP contribution in [-0.2, 0) is 13.1 Å². The summed E-state index contributed by atoms with van der Waals surface area (Å²) in [4.78, 5) is 4.20. The van der Waals surface area contributed by atoms with E-state index in [1.165, 1.54) is 0 Å². The third-order valence-corrected chi connectivity index (χ3v) is 3.14. The summed E-state index contributed by atoms with van der Waals surface area (Å²) in [6.07, 6.45) is 4.09. The second-order valence-electron chi connectivity index (χ2n) is 4.40. The van der Waals surface area contributed by atoms with Gasteiger partial charge in [0.1, 0.15) is 0 Å². The molecule has 0 saturated carbocycles. The van der Waals surface area contributed by atoms with Crippen molar-refractivity contribution in [2.24, 2.45) is 4.99 Å². The normalized spacial score (nSPS) is 10.9. The van der Waals surface area contributed by atoms with Crippen molar-refractivity contribution in [1.29, 1.82) is 0 Å². The quantitative estimate of drug-likeness (QED) is 0.445. The molecule has 0 aliphatic carbocycles. The number of rotatable bonds is 5. The number of guanidine groups is 1. The van der Waals surface area contributed by atoms with Crippen molar-refractivity contribution >= 4 is 41.5 Å². The molecule has 0 radical (unpaired) electrons. The van der Waals surface area contributed by atoms with E-state index in [9.17, 15) is 0 Å². The Morgan fingerprint density at radius 3 is 2.62 bits per heavy atom. The molecule has 21 heavy (non-hydrogen) atoms. The summed E-state index contributed by atoms with van der Waals surface area (Å²) in [7, 11) is 1.77. The highest BCUT2D eigenvalue weighted by molar-refractivity contribution is 14.0. The maximum absolute atomic E-state index is 5.96. The summed E-state index contributed by atoms with van der Waals surface area (Å²) in [5.41, 5.74) is 1.13. The van der Waals surface area contributed by atoms with Crippen LogP contribution in [0.3, 0.4) is 0 Å². The fourth-order valence-electron chi connectivity index (χ4n) is 1.88. The van der Waals surface area contributed by atoms with E-state index in [-0.39, 0.29) is 24.0 Å². The molecule has 0 atom stereocenters. The van der Waals surface area contributed by atoms with Crippen LogP contribution >= 0.6 is 35.6 Å². The van der Waals surface area contributed by atoms with Gasteiger partial charge in [0.15, 0.2) is 5.96 Å². The fourth-order valence-corrected chi connectivity index (χ4v) is 2.09. The van der Waals surface area contributed by atoms with Crippen molar-refractivity contribution in [3.05, 3.63) is 59.4 Å². The molecule has 0 spiro atoms. The number of nitrogens with one attached hydrogen (secondary N) is 2. The lowest BCUT2D eigenvalue weighted by Crippen LogP contribution is -2.38. The monoisotopic (exact) mass is 418 g/mol. The maximum atomic E-state index is 5.96. The number of nitrogens with zero attached hydrogens (tertiary/aromatic N) is 2. The maximum Gasteiger partial charge on any atom is 0.191 e. The first-order valence-electron chi connectivity index (χ1n) is 6.57. The van der Waals surface area contributed by atoms with Crippen LogP contribution in [0.2, 0.25) is 5.02 Å². The first-order chi connectivity index (χ1) is 9.78. The first-order valence-corrected chi connectivity index (χ1v) is 6.95. The second-order valence-corrected chi connectivity index (χ2v) is 4.84. The van der Waals surface area contributed by atoms with E-state index in [4.69, 9.17) is 11.6 Å². The number of aromatic nitrogens is 1. The van der Waals surface area contributed by atoms with Gasteiger partial charge in [-0.2, -0.15) is 0 Å². The van der Waals surface area contributed by atoms with Gasteiger partial charge in [-0.15, -0.1) is 24.0 Å². The molecule has 1 aromatic heterocycles. The molecule has 4 nitrogen and oxygen atoms in total. The molecule has 1 aromatic carbocycles. The van der Waals surface area contributed by atoms with Crippen LogP contribution in [0.25, 0.3) is 0 Å². The zero-order valence-electron chi connectivity index (χ0n) is 11.9. The van der Waals surface area contributed by atoms with Crippen LogP contribution in [0.15, 0.2) is 53.8 Å². The van der Waals surface area contributed by atoms with Gasteiger partial charge in [-0.1, -0.05) is 23.7 Å². The van der Waals surface area contributed by atoms with Gasteiger partial charge < -0.3 is 15.2 Å². The molecule has 2 aromatic rings. The van der Waals surface area contributed by atoms with Gasteiger partial charge in [0.05, 0.1) is 0 Å². The fraction of sp³-hybridized carbons (Fsp3) is 0.267. The third kappa shape index (κ3) is 6.39. The van der Waals surface area contributed by atoms with E-state index < -0.39 is 0 Å². The number of hydrogen-bond donors (Lipinski definition) is 2. The van der Waals surface area contributed by atoms with E-state index >= 15 is 0 Å². The Kier molecular flexibility index (Phi) is 8.22. The Labute approximate surface area is 147 Å². The Morgan fingerprint density at radius 1 is 1.19 bits per heavy atom. The summed E-state index contributed by atoms with van der Waals surface area (Å²) in [6, 6.07) is 11.8. The Hall–Kier alpha value is -1.21. The standard InChI is InChI=1S/C15H19ClN4.HI/c1-17-15(18-7-10-20-8-2-3-9-20)19-12-13-5-4-6-14(16)11-13;/h2-6,8-9,11H,7,10,12H2,1H3,(H2,17,18,19);1H. The van der Waals surface area contributed by atoms with E-state index in [1.54, 1.807) is 7.05 Å². The van der Waals surface area contributed by atoms with Crippen molar-refractivity contribution in [2.75, 3.05) is 13.6 Å². The summed E-state index contributed by atoms with van der Waals surface area (Å²) in [5.74, 6) is 0.789. The van der Waals surface area contributed by atoms with Crippen LogP contribution in [0.5, 0.6) is 0 Å². The molecule has 0 aliphatic heterocycles. The van der Waals surface area contributed by atoms with Gasteiger partial charge in [0.2, 0.25) is 0 Å². The number of hydrogen-bond acceptors (Lipinski definition) is 1. The second kappa shape index (κ2) is 9.68. The minimum atomic E-state index is 0. The van der Waals surface area contributed by atoms with E-state index in [0.717, 1.165) is 29.6 Å². The third-order valence-electron chi connectivity index (χ3n) is 2.90. The predicted molar refractivity (Wildman–Crippen MR) is 99.5 cm³/mol. The lowest BCUT2D eigenvalue weighted by Gasteiger charge is -2.12. The smallest absolute Gasteiger partial charge is 0.191 e. The summed E-state index contributed by atoms with van der Waals surface area (Å²) in [6.45, 7) is 2.43. The topological polar surface area (TPSA) is 41.4 Å². The molecule has 114 valence electrons. The van der Waals surface area contributed by atoms with E-state index in [1.807, 2.05) is 48.8 Å². The van der Waals surface area contributed by atoms with Crippen LogP contribution in [0, 0.1) is 0 Å². The SMILES string of the molecule is CN=C(NCCn1cccc1)NCc1cccc(Cl)c1.I. The molecular weight excluding hydrogens is 399 g/mol. The molecule has 0 amide bonds. The number of benzene rings is 1.